The van der Waals surface area contributed by atoms with Crippen molar-refractivity contribution in [3.05, 3.63) is 35.1 Å². The smallest absolute Gasteiger partial charge is 0.123 e. The number of rotatable bonds is 7. The summed E-state index contributed by atoms with van der Waals surface area (Å²) in [6.07, 6.45) is 7.99. The van der Waals surface area contributed by atoms with Crippen LogP contribution in [-0.4, -0.2) is 19.3 Å². The van der Waals surface area contributed by atoms with Crippen molar-refractivity contribution in [2.45, 2.75) is 58.1 Å². The second-order valence-corrected chi connectivity index (χ2v) is 5.73. The number of halogens is 1. The van der Waals surface area contributed by atoms with E-state index in [2.05, 4.69) is 5.32 Å². The normalized spacial score (nSPS) is 16.5. The summed E-state index contributed by atoms with van der Waals surface area (Å²) < 4.78 is 19.0. The first-order valence-corrected chi connectivity index (χ1v) is 7.83. The van der Waals surface area contributed by atoms with E-state index in [-0.39, 0.29) is 5.82 Å². The molecule has 1 aliphatic carbocycles. The fourth-order valence-electron chi connectivity index (χ4n) is 2.73. The molecule has 1 aliphatic rings. The largest absolute Gasteiger partial charge is 0.378 e. The van der Waals surface area contributed by atoms with Gasteiger partial charge in [0.1, 0.15) is 5.82 Å². The molecule has 1 fully saturated rings. The monoisotopic (exact) mass is 279 g/mol. The van der Waals surface area contributed by atoms with Crippen LogP contribution in [0, 0.1) is 12.7 Å². The molecule has 0 amide bonds. The van der Waals surface area contributed by atoms with Crippen molar-refractivity contribution in [2.24, 2.45) is 0 Å². The molecule has 112 valence electrons. The lowest BCUT2D eigenvalue weighted by Crippen LogP contribution is -2.21. The highest BCUT2D eigenvalue weighted by atomic mass is 19.1. The van der Waals surface area contributed by atoms with Gasteiger partial charge in [-0.2, -0.15) is 0 Å². The highest BCUT2D eigenvalue weighted by Crippen LogP contribution is 2.20. The van der Waals surface area contributed by atoms with Gasteiger partial charge in [-0.25, -0.2) is 4.39 Å². The van der Waals surface area contributed by atoms with Crippen LogP contribution in [0.15, 0.2) is 18.2 Å². The Bertz CT molecular complexity index is 402. The molecule has 0 aromatic heterocycles. The van der Waals surface area contributed by atoms with E-state index < -0.39 is 0 Å². The van der Waals surface area contributed by atoms with E-state index in [4.69, 9.17) is 4.74 Å². The first-order valence-electron chi connectivity index (χ1n) is 7.83. The molecule has 2 nitrogen and oxygen atoms in total. The molecule has 0 unspecified atom stereocenters. The molecule has 0 aliphatic heterocycles. The molecular formula is C17H26FNO. The van der Waals surface area contributed by atoms with Gasteiger partial charge in [0.15, 0.2) is 0 Å². The quantitative estimate of drug-likeness (QED) is 0.763. The summed E-state index contributed by atoms with van der Waals surface area (Å²) in [7, 11) is 0. The maximum Gasteiger partial charge on any atom is 0.123 e. The van der Waals surface area contributed by atoms with Crippen molar-refractivity contribution < 1.29 is 9.13 Å². The Hall–Kier alpha value is -0.930. The van der Waals surface area contributed by atoms with E-state index in [0.717, 1.165) is 37.2 Å². The zero-order valence-corrected chi connectivity index (χ0v) is 12.5. The Morgan fingerprint density at radius 2 is 2.05 bits per heavy atom. The van der Waals surface area contributed by atoms with Gasteiger partial charge in [-0.3, -0.25) is 0 Å². The van der Waals surface area contributed by atoms with Crippen LogP contribution in [0.25, 0.3) is 0 Å². The fraction of sp³-hybridized carbons (Fsp3) is 0.647. The molecular weight excluding hydrogens is 253 g/mol. The molecule has 1 N–H and O–H groups in total. The SMILES string of the molecule is Cc1ccc(F)cc1CNCCCOC1CCCCC1. The molecule has 0 heterocycles. The van der Waals surface area contributed by atoms with Crippen molar-refractivity contribution in [3.8, 4) is 0 Å². The first kappa shape index (κ1) is 15.5. The third-order valence-electron chi connectivity index (χ3n) is 4.03. The van der Waals surface area contributed by atoms with E-state index in [1.54, 1.807) is 6.07 Å². The molecule has 2 rings (SSSR count). The van der Waals surface area contributed by atoms with Gasteiger partial charge in [-0.15, -0.1) is 0 Å². The third-order valence-corrected chi connectivity index (χ3v) is 4.03. The lowest BCUT2D eigenvalue weighted by atomic mass is 9.98. The van der Waals surface area contributed by atoms with Crippen molar-refractivity contribution >= 4 is 0 Å². The first-order chi connectivity index (χ1) is 9.75. The van der Waals surface area contributed by atoms with Gasteiger partial charge in [0.2, 0.25) is 0 Å². The summed E-state index contributed by atoms with van der Waals surface area (Å²) in [4.78, 5) is 0. The maximum absolute atomic E-state index is 13.1. The third kappa shape index (κ3) is 5.22. The second-order valence-electron chi connectivity index (χ2n) is 5.73. The molecule has 0 saturated heterocycles. The average Bonchev–Trinajstić information content (AvgIpc) is 2.47. The molecule has 1 saturated carbocycles. The molecule has 0 spiro atoms. The zero-order valence-electron chi connectivity index (χ0n) is 12.5. The molecule has 1 aromatic carbocycles. The molecule has 3 heteroatoms. The maximum atomic E-state index is 13.1. The predicted molar refractivity (Wildman–Crippen MR) is 80.3 cm³/mol. The Morgan fingerprint density at radius 3 is 2.85 bits per heavy atom. The molecule has 20 heavy (non-hydrogen) atoms. The number of ether oxygens (including phenoxy) is 1. The van der Waals surface area contributed by atoms with Crippen LogP contribution in [-0.2, 0) is 11.3 Å². The van der Waals surface area contributed by atoms with Gasteiger partial charge in [-0.05, 0) is 56.0 Å². The Kier molecular flexibility index (Phi) is 6.48. The summed E-state index contributed by atoms with van der Waals surface area (Å²) in [5.41, 5.74) is 2.18. The molecule has 0 atom stereocenters. The van der Waals surface area contributed by atoms with Crippen molar-refractivity contribution in [1.29, 1.82) is 0 Å². The lowest BCUT2D eigenvalue weighted by Gasteiger charge is -2.21. The van der Waals surface area contributed by atoms with Gasteiger partial charge in [0.25, 0.3) is 0 Å². The number of nitrogens with one attached hydrogen (secondary N) is 1. The van der Waals surface area contributed by atoms with Crippen molar-refractivity contribution in [1.82, 2.24) is 5.32 Å². The number of hydrogen-bond donors (Lipinski definition) is 1. The highest BCUT2D eigenvalue weighted by Gasteiger charge is 2.12. The summed E-state index contributed by atoms with van der Waals surface area (Å²) in [6.45, 7) is 4.50. The lowest BCUT2D eigenvalue weighted by molar-refractivity contribution is 0.0273. The fourth-order valence-corrected chi connectivity index (χ4v) is 2.73. The van der Waals surface area contributed by atoms with Gasteiger partial charge in [0.05, 0.1) is 6.10 Å². The minimum absolute atomic E-state index is 0.159. The van der Waals surface area contributed by atoms with E-state index in [0.29, 0.717) is 6.10 Å². The summed E-state index contributed by atoms with van der Waals surface area (Å²) in [5, 5.41) is 3.36. The molecule has 0 radical (unpaired) electrons. The van der Waals surface area contributed by atoms with Crippen LogP contribution in [0.5, 0.6) is 0 Å². The van der Waals surface area contributed by atoms with Crippen LogP contribution in [0.1, 0.15) is 49.7 Å². The van der Waals surface area contributed by atoms with Crippen molar-refractivity contribution in [2.75, 3.05) is 13.2 Å². The topological polar surface area (TPSA) is 21.3 Å². The summed E-state index contributed by atoms with van der Waals surface area (Å²) in [6, 6.07) is 4.95. The van der Waals surface area contributed by atoms with E-state index in [1.807, 2.05) is 13.0 Å². The second kappa shape index (κ2) is 8.38. The van der Waals surface area contributed by atoms with E-state index in [1.165, 1.54) is 38.2 Å². The highest BCUT2D eigenvalue weighted by molar-refractivity contribution is 5.26. The van der Waals surface area contributed by atoms with Crippen LogP contribution in [0.2, 0.25) is 0 Å². The van der Waals surface area contributed by atoms with E-state index in [9.17, 15) is 4.39 Å². The average molecular weight is 279 g/mol. The summed E-state index contributed by atoms with van der Waals surface area (Å²) >= 11 is 0. The Balaban J connectivity index is 1.56. The van der Waals surface area contributed by atoms with Crippen LogP contribution >= 0.6 is 0 Å². The molecule has 1 aromatic rings. The van der Waals surface area contributed by atoms with Crippen LogP contribution < -0.4 is 5.32 Å². The Morgan fingerprint density at radius 1 is 1.25 bits per heavy atom. The number of benzene rings is 1. The van der Waals surface area contributed by atoms with Crippen LogP contribution in [0.3, 0.4) is 0 Å². The van der Waals surface area contributed by atoms with Crippen molar-refractivity contribution in [3.63, 3.8) is 0 Å². The summed E-state index contributed by atoms with van der Waals surface area (Å²) in [5.74, 6) is -0.159. The van der Waals surface area contributed by atoms with Crippen LogP contribution in [0.4, 0.5) is 4.39 Å². The van der Waals surface area contributed by atoms with Gasteiger partial charge in [-0.1, -0.05) is 25.3 Å². The van der Waals surface area contributed by atoms with Gasteiger partial charge >= 0.3 is 0 Å². The number of aryl methyl sites for hydroxylation is 1. The minimum Gasteiger partial charge on any atom is -0.378 e. The van der Waals surface area contributed by atoms with E-state index >= 15 is 0 Å². The van der Waals surface area contributed by atoms with Gasteiger partial charge in [0, 0.05) is 13.2 Å². The zero-order chi connectivity index (χ0) is 14.2. The predicted octanol–water partition coefficient (Wildman–Crippen LogP) is 3.96. The number of hydrogen-bond acceptors (Lipinski definition) is 2. The Labute approximate surface area is 121 Å². The standard InChI is InChI=1S/C17H26FNO/c1-14-8-9-16(18)12-15(14)13-19-10-5-11-20-17-6-3-2-4-7-17/h8-9,12,17,19H,2-7,10-11,13H2,1H3. The molecule has 0 bridgehead atoms. The minimum atomic E-state index is -0.159. The van der Waals surface area contributed by atoms with Gasteiger partial charge < -0.3 is 10.1 Å².